The fraction of sp³-hybridized carbons (Fsp3) is 0. The van der Waals surface area contributed by atoms with Crippen LogP contribution < -0.4 is 0 Å². The van der Waals surface area contributed by atoms with Gasteiger partial charge in [0.05, 0.1) is 0 Å². The fourth-order valence-corrected chi connectivity index (χ4v) is 0.958. The van der Waals surface area contributed by atoms with Crippen LogP contribution in [0.25, 0.3) is 6.08 Å². The van der Waals surface area contributed by atoms with Gasteiger partial charge in [-0.05, 0) is 40.3 Å². The monoisotopic (exact) mass is 228 g/mol. The van der Waals surface area contributed by atoms with Crippen molar-refractivity contribution in [3.63, 3.8) is 0 Å². The van der Waals surface area contributed by atoms with Crippen molar-refractivity contribution in [1.82, 2.24) is 0 Å². The van der Waals surface area contributed by atoms with E-state index in [1.165, 1.54) is 9.13 Å². The third-order valence-electron chi connectivity index (χ3n) is 1.11. The molecule has 0 saturated carbocycles. The number of hydrogen-bond donors (Lipinski definition) is 0. The van der Waals surface area contributed by atoms with Gasteiger partial charge in [-0.3, -0.25) is 0 Å². The van der Waals surface area contributed by atoms with Crippen LogP contribution in [0, 0.1) is 3.57 Å². The van der Waals surface area contributed by atoms with E-state index in [2.05, 4.69) is 53.4 Å². The van der Waals surface area contributed by atoms with E-state index in [0.29, 0.717) is 0 Å². The van der Waals surface area contributed by atoms with Gasteiger partial charge in [0, 0.05) is 3.57 Å². The molecule has 0 bridgehead atoms. The number of halogens is 1. The summed E-state index contributed by atoms with van der Waals surface area (Å²) in [5.74, 6) is 0. The summed E-state index contributed by atoms with van der Waals surface area (Å²) in [6, 6.07) is 8.23. The van der Waals surface area contributed by atoms with Crippen LogP contribution in [0.2, 0.25) is 0 Å². The number of benzene rings is 1. The Balaban J connectivity index is 3.01. The third kappa shape index (κ3) is 1.82. The highest BCUT2D eigenvalue weighted by molar-refractivity contribution is 14.1. The first-order chi connectivity index (χ1) is 4.33. The van der Waals surface area contributed by atoms with E-state index in [1.54, 1.807) is 0 Å². The second-order valence-electron chi connectivity index (χ2n) is 1.76. The molecule has 0 aliphatic heterocycles. The van der Waals surface area contributed by atoms with Crippen LogP contribution in [0.4, 0.5) is 0 Å². The SMILES string of the molecule is C=Cc1ccc([125I])cc1. The van der Waals surface area contributed by atoms with Gasteiger partial charge in [-0.1, -0.05) is 24.8 Å². The lowest BCUT2D eigenvalue weighted by atomic mass is 10.2. The molecule has 0 unspecified atom stereocenters. The maximum atomic E-state index is 3.66. The average Bonchev–Trinajstić information content (AvgIpc) is 1.90. The van der Waals surface area contributed by atoms with Crippen molar-refractivity contribution in [2.75, 3.05) is 0 Å². The molecule has 0 amide bonds. The standard InChI is InChI=1S/C8H7I/c1-2-7-3-5-8(9)6-4-7/h2-6H,1H2/i9-2. The molecule has 46 valence electrons. The number of hydrogen-bond acceptors (Lipinski definition) is 0. The fourth-order valence-electron chi connectivity index (χ4n) is 0.599. The maximum absolute atomic E-state index is 3.66. The summed E-state index contributed by atoms with van der Waals surface area (Å²) in [5, 5.41) is 0. The van der Waals surface area contributed by atoms with Gasteiger partial charge in [0.15, 0.2) is 0 Å². The molecule has 1 heteroatoms. The molecule has 1 aromatic rings. The van der Waals surface area contributed by atoms with Crippen LogP contribution in [0.15, 0.2) is 30.8 Å². The van der Waals surface area contributed by atoms with Gasteiger partial charge in [0.25, 0.3) is 0 Å². The first kappa shape index (κ1) is 6.81. The molecule has 0 aromatic heterocycles. The average molecular weight is 228 g/mol. The molecular weight excluding hydrogens is 221 g/mol. The third-order valence-corrected chi connectivity index (χ3v) is 1.82. The maximum Gasteiger partial charge on any atom is 0.0130 e. The van der Waals surface area contributed by atoms with Gasteiger partial charge < -0.3 is 0 Å². The predicted octanol–water partition coefficient (Wildman–Crippen LogP) is 2.93. The highest BCUT2D eigenvalue weighted by Gasteiger charge is 1.83. The zero-order valence-corrected chi connectivity index (χ0v) is 7.13. The van der Waals surface area contributed by atoms with Crippen LogP contribution >= 0.6 is 22.6 Å². The molecule has 0 heterocycles. The van der Waals surface area contributed by atoms with E-state index < -0.39 is 0 Å². The highest BCUT2D eigenvalue weighted by atomic mass is 125. The molecule has 0 N–H and O–H groups in total. The lowest BCUT2D eigenvalue weighted by molar-refractivity contribution is 1.61. The summed E-state index contributed by atoms with van der Waals surface area (Å²) in [7, 11) is 0. The minimum absolute atomic E-state index is 1.18. The first-order valence-electron chi connectivity index (χ1n) is 2.71. The van der Waals surface area contributed by atoms with Gasteiger partial charge in [-0.2, -0.15) is 0 Å². The summed E-state index contributed by atoms with van der Waals surface area (Å²) in [6.07, 6.45) is 1.84. The van der Waals surface area contributed by atoms with Gasteiger partial charge in [0.1, 0.15) is 0 Å². The molecule has 0 spiro atoms. The van der Waals surface area contributed by atoms with E-state index in [-0.39, 0.29) is 0 Å². The molecule has 0 radical (unpaired) electrons. The van der Waals surface area contributed by atoms with Gasteiger partial charge >= 0.3 is 0 Å². The van der Waals surface area contributed by atoms with Crippen molar-refractivity contribution < 1.29 is 0 Å². The zero-order chi connectivity index (χ0) is 6.69. The molecule has 0 fully saturated rings. The van der Waals surface area contributed by atoms with E-state index in [0.717, 1.165) is 0 Å². The smallest absolute Gasteiger partial charge is 0.0130 e. The summed E-state index contributed by atoms with van der Waals surface area (Å²) in [4.78, 5) is 0. The van der Waals surface area contributed by atoms with Crippen molar-refractivity contribution in [2.45, 2.75) is 0 Å². The molecule has 9 heavy (non-hydrogen) atoms. The van der Waals surface area contributed by atoms with Crippen LogP contribution in [0.5, 0.6) is 0 Å². The van der Waals surface area contributed by atoms with Crippen LogP contribution in [-0.4, -0.2) is 0 Å². The van der Waals surface area contributed by atoms with Crippen LogP contribution in [-0.2, 0) is 0 Å². The van der Waals surface area contributed by atoms with Crippen molar-refractivity contribution in [2.24, 2.45) is 0 Å². The van der Waals surface area contributed by atoms with E-state index in [4.69, 9.17) is 0 Å². The van der Waals surface area contributed by atoms with Gasteiger partial charge in [-0.25, -0.2) is 0 Å². The molecule has 0 aliphatic carbocycles. The van der Waals surface area contributed by atoms with E-state index in [1.807, 2.05) is 6.08 Å². The Bertz CT molecular complexity index is 198. The molecule has 0 saturated heterocycles. The zero-order valence-electron chi connectivity index (χ0n) is 4.97. The molecule has 0 atom stereocenters. The van der Waals surface area contributed by atoms with Gasteiger partial charge in [0.2, 0.25) is 0 Å². The highest BCUT2D eigenvalue weighted by Crippen LogP contribution is 2.06. The van der Waals surface area contributed by atoms with E-state index >= 15 is 0 Å². The predicted molar refractivity (Wildman–Crippen MR) is 49.3 cm³/mol. The quantitative estimate of drug-likeness (QED) is 0.648. The van der Waals surface area contributed by atoms with Crippen molar-refractivity contribution in [3.05, 3.63) is 40.0 Å². The summed E-state index contributed by atoms with van der Waals surface area (Å²) < 4.78 is 1.26. The van der Waals surface area contributed by atoms with Crippen LogP contribution in [0.1, 0.15) is 5.56 Å². The lowest BCUT2D eigenvalue weighted by Crippen LogP contribution is -1.70. The van der Waals surface area contributed by atoms with Crippen molar-refractivity contribution in [3.8, 4) is 0 Å². The minimum atomic E-state index is 1.18. The topological polar surface area (TPSA) is 0 Å². The van der Waals surface area contributed by atoms with E-state index in [9.17, 15) is 0 Å². The van der Waals surface area contributed by atoms with Crippen molar-refractivity contribution >= 4 is 28.7 Å². The molecule has 0 nitrogen and oxygen atoms in total. The second kappa shape index (κ2) is 3.01. The van der Waals surface area contributed by atoms with Crippen molar-refractivity contribution in [1.29, 1.82) is 0 Å². The molecule has 0 aliphatic rings. The Kier molecular flexibility index (Phi) is 2.28. The molecule has 1 aromatic carbocycles. The first-order valence-corrected chi connectivity index (χ1v) is 3.79. The summed E-state index contributed by atoms with van der Waals surface area (Å²) in [5.41, 5.74) is 1.18. The number of rotatable bonds is 1. The Hall–Kier alpha value is -0.310. The minimum Gasteiger partial charge on any atom is -0.0985 e. The summed E-state index contributed by atoms with van der Waals surface area (Å²) in [6.45, 7) is 3.66. The lowest BCUT2D eigenvalue weighted by Gasteiger charge is -1.90. The largest absolute Gasteiger partial charge is 0.0985 e. The Morgan fingerprint density at radius 3 is 2.22 bits per heavy atom. The Morgan fingerprint density at radius 2 is 1.78 bits per heavy atom. The summed E-state index contributed by atoms with van der Waals surface area (Å²) >= 11 is 2.28. The Labute approximate surface area is 68.7 Å². The normalized spacial score (nSPS) is 9.00. The molecule has 1 rings (SSSR count). The molecular formula is C8H7I. The Morgan fingerprint density at radius 1 is 1.22 bits per heavy atom. The second-order valence-corrected chi connectivity index (χ2v) is 3.00. The van der Waals surface area contributed by atoms with Crippen LogP contribution in [0.3, 0.4) is 0 Å². The van der Waals surface area contributed by atoms with Gasteiger partial charge in [-0.15, -0.1) is 0 Å².